The Bertz CT molecular complexity index is 482. The molecule has 0 unspecified atom stereocenters. The lowest BCUT2D eigenvalue weighted by molar-refractivity contribution is 0.0338. The molecular weight excluding hydrogens is 266 g/mol. The Hall–Kier alpha value is -1.59. The van der Waals surface area contributed by atoms with Crippen LogP contribution in [-0.4, -0.2) is 43.5 Å². The first-order valence-electron chi connectivity index (χ1n) is 7.55. The third-order valence-corrected chi connectivity index (χ3v) is 3.63. The van der Waals surface area contributed by atoms with Crippen LogP contribution in [0.3, 0.4) is 0 Å². The molecule has 2 N–H and O–H groups in total. The van der Waals surface area contributed by atoms with Crippen LogP contribution in [0.2, 0.25) is 0 Å². The van der Waals surface area contributed by atoms with E-state index in [2.05, 4.69) is 23.0 Å². The minimum absolute atomic E-state index is 0.736. The van der Waals surface area contributed by atoms with E-state index in [0.717, 1.165) is 62.9 Å². The molecule has 2 rings (SSSR count). The van der Waals surface area contributed by atoms with Gasteiger partial charge in [-0.25, -0.2) is 0 Å². The monoisotopic (exact) mass is 291 g/mol. The Kier molecular flexibility index (Phi) is 6.02. The molecule has 1 aromatic rings. The number of ether oxygens (including phenoxy) is 2. The smallest absolute Gasteiger partial charge is 0.123 e. The first kappa shape index (κ1) is 15.8. The maximum absolute atomic E-state index is 5.87. The molecule has 0 bridgehead atoms. The highest BCUT2D eigenvalue weighted by Crippen LogP contribution is 2.23. The van der Waals surface area contributed by atoms with Crippen molar-refractivity contribution in [3.05, 3.63) is 29.3 Å². The SMILES string of the molecule is CCCOc1ccc(C(C)=NN)cc1CN1CCOCC1. The van der Waals surface area contributed by atoms with E-state index in [4.69, 9.17) is 15.3 Å². The number of rotatable bonds is 6. The number of hydrogen-bond donors (Lipinski definition) is 1. The summed E-state index contributed by atoms with van der Waals surface area (Å²) in [6.07, 6.45) is 1.00. The second-order valence-corrected chi connectivity index (χ2v) is 5.27. The fourth-order valence-corrected chi connectivity index (χ4v) is 2.36. The van der Waals surface area contributed by atoms with Crippen molar-refractivity contribution in [1.29, 1.82) is 0 Å². The Morgan fingerprint density at radius 3 is 2.81 bits per heavy atom. The maximum atomic E-state index is 5.87. The predicted molar refractivity (Wildman–Crippen MR) is 84.7 cm³/mol. The standard InChI is InChI=1S/C16H25N3O2/c1-3-8-21-16-5-4-14(13(2)18-17)11-15(16)12-19-6-9-20-10-7-19/h4-5,11H,3,6-10,12,17H2,1-2H3. The minimum Gasteiger partial charge on any atom is -0.493 e. The van der Waals surface area contributed by atoms with Crippen molar-refractivity contribution >= 4 is 5.71 Å². The second-order valence-electron chi connectivity index (χ2n) is 5.27. The summed E-state index contributed by atoms with van der Waals surface area (Å²) in [5.74, 6) is 6.34. The summed E-state index contributed by atoms with van der Waals surface area (Å²) in [4.78, 5) is 2.39. The maximum Gasteiger partial charge on any atom is 0.123 e. The molecule has 0 saturated carbocycles. The van der Waals surface area contributed by atoms with Crippen LogP contribution < -0.4 is 10.6 Å². The van der Waals surface area contributed by atoms with Gasteiger partial charge in [0.05, 0.1) is 25.5 Å². The second kappa shape index (κ2) is 8.00. The van der Waals surface area contributed by atoms with Gasteiger partial charge in [-0.3, -0.25) is 4.90 Å². The molecule has 116 valence electrons. The highest BCUT2D eigenvalue weighted by Gasteiger charge is 2.14. The van der Waals surface area contributed by atoms with E-state index in [-0.39, 0.29) is 0 Å². The minimum atomic E-state index is 0.736. The van der Waals surface area contributed by atoms with Crippen molar-refractivity contribution in [1.82, 2.24) is 4.90 Å². The number of nitrogens with zero attached hydrogens (tertiary/aromatic N) is 2. The Labute approximate surface area is 126 Å². The Morgan fingerprint density at radius 2 is 2.14 bits per heavy atom. The molecule has 0 aromatic heterocycles. The fourth-order valence-electron chi connectivity index (χ4n) is 2.36. The average Bonchev–Trinajstić information content (AvgIpc) is 2.54. The summed E-state index contributed by atoms with van der Waals surface area (Å²) >= 11 is 0. The number of benzene rings is 1. The molecule has 0 radical (unpaired) electrons. The van der Waals surface area contributed by atoms with E-state index < -0.39 is 0 Å². The van der Waals surface area contributed by atoms with Gasteiger partial charge in [-0.1, -0.05) is 6.92 Å². The van der Waals surface area contributed by atoms with Crippen molar-refractivity contribution in [2.45, 2.75) is 26.8 Å². The van der Waals surface area contributed by atoms with Gasteiger partial charge in [0, 0.05) is 25.2 Å². The molecule has 0 amide bonds. The number of hydrogen-bond acceptors (Lipinski definition) is 5. The molecule has 0 aliphatic carbocycles. The summed E-state index contributed by atoms with van der Waals surface area (Å²) in [7, 11) is 0. The van der Waals surface area contributed by atoms with Gasteiger partial charge in [-0.05, 0) is 37.1 Å². The molecule has 1 aliphatic heterocycles. The van der Waals surface area contributed by atoms with Gasteiger partial charge in [0.1, 0.15) is 5.75 Å². The zero-order valence-electron chi connectivity index (χ0n) is 13.0. The van der Waals surface area contributed by atoms with Crippen molar-refractivity contribution in [2.24, 2.45) is 10.9 Å². The third-order valence-electron chi connectivity index (χ3n) is 3.63. The predicted octanol–water partition coefficient (Wildman–Crippen LogP) is 1.99. The fraction of sp³-hybridized carbons (Fsp3) is 0.562. The van der Waals surface area contributed by atoms with E-state index in [0.29, 0.717) is 0 Å². The molecule has 5 nitrogen and oxygen atoms in total. The third kappa shape index (κ3) is 4.44. The van der Waals surface area contributed by atoms with Crippen LogP contribution >= 0.6 is 0 Å². The molecule has 1 heterocycles. The van der Waals surface area contributed by atoms with Crippen LogP contribution in [0.15, 0.2) is 23.3 Å². The van der Waals surface area contributed by atoms with E-state index in [9.17, 15) is 0 Å². The number of nitrogens with two attached hydrogens (primary N) is 1. The lowest BCUT2D eigenvalue weighted by Crippen LogP contribution is -2.35. The normalized spacial score (nSPS) is 17.0. The van der Waals surface area contributed by atoms with Crippen molar-refractivity contribution < 1.29 is 9.47 Å². The van der Waals surface area contributed by atoms with E-state index >= 15 is 0 Å². The average molecular weight is 291 g/mol. The first-order chi connectivity index (χ1) is 10.2. The number of hydrazone groups is 1. The zero-order chi connectivity index (χ0) is 15.1. The van der Waals surface area contributed by atoms with Crippen LogP contribution in [0.5, 0.6) is 5.75 Å². The lowest BCUT2D eigenvalue weighted by Gasteiger charge is -2.27. The summed E-state index contributed by atoms with van der Waals surface area (Å²) in [6.45, 7) is 9.15. The largest absolute Gasteiger partial charge is 0.493 e. The topological polar surface area (TPSA) is 60.1 Å². The Balaban J connectivity index is 2.19. The van der Waals surface area contributed by atoms with Crippen LogP contribution in [0, 0.1) is 0 Å². The highest BCUT2D eigenvalue weighted by atomic mass is 16.5. The summed E-state index contributed by atoms with van der Waals surface area (Å²) in [5.41, 5.74) is 3.07. The van der Waals surface area contributed by atoms with Crippen LogP contribution in [0.4, 0.5) is 0 Å². The van der Waals surface area contributed by atoms with Gasteiger partial charge in [0.15, 0.2) is 0 Å². The van der Waals surface area contributed by atoms with Crippen molar-refractivity contribution in [3.63, 3.8) is 0 Å². The first-order valence-corrected chi connectivity index (χ1v) is 7.55. The molecule has 5 heteroatoms. The lowest BCUT2D eigenvalue weighted by atomic mass is 10.1. The van der Waals surface area contributed by atoms with Gasteiger partial charge >= 0.3 is 0 Å². The molecule has 1 saturated heterocycles. The van der Waals surface area contributed by atoms with Gasteiger partial charge < -0.3 is 15.3 Å². The summed E-state index contributed by atoms with van der Waals surface area (Å²) in [5, 5.41) is 3.78. The quantitative estimate of drug-likeness (QED) is 0.495. The highest BCUT2D eigenvalue weighted by molar-refractivity contribution is 5.98. The molecule has 0 spiro atoms. The molecular formula is C16H25N3O2. The zero-order valence-corrected chi connectivity index (χ0v) is 13.0. The van der Waals surface area contributed by atoms with Crippen LogP contribution in [0.1, 0.15) is 31.4 Å². The van der Waals surface area contributed by atoms with Crippen LogP contribution in [-0.2, 0) is 11.3 Å². The van der Waals surface area contributed by atoms with Gasteiger partial charge in [-0.15, -0.1) is 0 Å². The summed E-state index contributed by atoms with van der Waals surface area (Å²) < 4.78 is 11.3. The molecule has 0 atom stereocenters. The van der Waals surface area contributed by atoms with Gasteiger partial charge in [0.25, 0.3) is 0 Å². The molecule has 21 heavy (non-hydrogen) atoms. The van der Waals surface area contributed by atoms with Crippen molar-refractivity contribution in [3.8, 4) is 5.75 Å². The van der Waals surface area contributed by atoms with Gasteiger partial charge in [-0.2, -0.15) is 5.10 Å². The van der Waals surface area contributed by atoms with Gasteiger partial charge in [0.2, 0.25) is 0 Å². The van der Waals surface area contributed by atoms with E-state index in [1.807, 2.05) is 19.1 Å². The molecule has 1 aliphatic rings. The molecule has 1 fully saturated rings. The number of morpholine rings is 1. The van der Waals surface area contributed by atoms with E-state index in [1.165, 1.54) is 5.56 Å². The van der Waals surface area contributed by atoms with Crippen molar-refractivity contribution in [2.75, 3.05) is 32.9 Å². The van der Waals surface area contributed by atoms with E-state index in [1.54, 1.807) is 0 Å². The van der Waals surface area contributed by atoms with Crippen LogP contribution in [0.25, 0.3) is 0 Å². The molecule has 1 aromatic carbocycles. The Morgan fingerprint density at radius 1 is 1.38 bits per heavy atom. The summed E-state index contributed by atoms with van der Waals surface area (Å²) in [6, 6.07) is 6.17.